The minimum absolute atomic E-state index is 0.426. The maximum absolute atomic E-state index is 5.94. The standard InChI is InChI=1S/C14H30N2/c1-3-13-7-5-10-16(12-9-13)11-6-8-14(15)4-2/h13-14H,3-12,15H2,1-2H3. The minimum atomic E-state index is 0.426. The van der Waals surface area contributed by atoms with Gasteiger partial charge in [-0.05, 0) is 64.1 Å². The van der Waals surface area contributed by atoms with Gasteiger partial charge in [0.15, 0.2) is 0 Å². The SMILES string of the molecule is CCC(N)CCCN1CCCC(CC)CC1. The highest BCUT2D eigenvalue weighted by atomic mass is 15.1. The topological polar surface area (TPSA) is 29.3 Å². The fraction of sp³-hybridized carbons (Fsp3) is 1.00. The highest BCUT2D eigenvalue weighted by Crippen LogP contribution is 2.20. The summed E-state index contributed by atoms with van der Waals surface area (Å²) >= 11 is 0. The molecule has 0 aromatic rings. The Hall–Kier alpha value is -0.0800. The van der Waals surface area contributed by atoms with Crippen molar-refractivity contribution in [3.05, 3.63) is 0 Å². The zero-order chi connectivity index (χ0) is 11.8. The van der Waals surface area contributed by atoms with Crippen LogP contribution < -0.4 is 5.73 Å². The van der Waals surface area contributed by atoms with Crippen molar-refractivity contribution in [3.8, 4) is 0 Å². The number of nitrogens with two attached hydrogens (primary N) is 1. The Balaban J connectivity index is 2.12. The highest BCUT2D eigenvalue weighted by molar-refractivity contribution is 4.70. The van der Waals surface area contributed by atoms with E-state index in [1.54, 1.807) is 0 Å². The van der Waals surface area contributed by atoms with Gasteiger partial charge in [0.1, 0.15) is 0 Å². The third-order valence-electron chi connectivity index (χ3n) is 4.09. The lowest BCUT2D eigenvalue weighted by Gasteiger charge is -2.20. The van der Waals surface area contributed by atoms with Crippen LogP contribution in [-0.4, -0.2) is 30.6 Å². The Morgan fingerprint density at radius 1 is 1.25 bits per heavy atom. The third kappa shape index (κ3) is 5.31. The number of likely N-dealkylation sites (tertiary alicyclic amines) is 1. The van der Waals surface area contributed by atoms with Gasteiger partial charge in [0, 0.05) is 6.04 Å². The van der Waals surface area contributed by atoms with Crippen LogP contribution >= 0.6 is 0 Å². The number of nitrogens with zero attached hydrogens (tertiary/aromatic N) is 1. The molecule has 0 aliphatic carbocycles. The largest absolute Gasteiger partial charge is 0.328 e. The van der Waals surface area contributed by atoms with E-state index in [1.165, 1.54) is 58.2 Å². The second kappa shape index (κ2) is 8.08. The highest BCUT2D eigenvalue weighted by Gasteiger charge is 2.15. The molecule has 16 heavy (non-hydrogen) atoms. The first kappa shape index (κ1) is 14.0. The van der Waals surface area contributed by atoms with Gasteiger partial charge in [-0.1, -0.05) is 20.3 Å². The van der Waals surface area contributed by atoms with E-state index in [4.69, 9.17) is 5.73 Å². The van der Waals surface area contributed by atoms with Crippen LogP contribution in [0.5, 0.6) is 0 Å². The van der Waals surface area contributed by atoms with E-state index in [2.05, 4.69) is 18.7 Å². The summed E-state index contributed by atoms with van der Waals surface area (Å²) in [6.45, 7) is 8.42. The molecular formula is C14H30N2. The molecule has 0 saturated carbocycles. The summed E-state index contributed by atoms with van der Waals surface area (Å²) in [6, 6.07) is 0.426. The average Bonchev–Trinajstić information content (AvgIpc) is 2.54. The van der Waals surface area contributed by atoms with Crippen LogP contribution in [0.4, 0.5) is 0 Å². The zero-order valence-corrected chi connectivity index (χ0v) is 11.3. The summed E-state index contributed by atoms with van der Waals surface area (Å²) in [7, 11) is 0. The van der Waals surface area contributed by atoms with Gasteiger partial charge >= 0.3 is 0 Å². The van der Waals surface area contributed by atoms with Gasteiger partial charge in [0.05, 0.1) is 0 Å². The molecular weight excluding hydrogens is 196 g/mol. The lowest BCUT2D eigenvalue weighted by atomic mass is 9.98. The monoisotopic (exact) mass is 226 g/mol. The molecule has 0 aromatic heterocycles. The Labute approximate surface area is 102 Å². The summed E-state index contributed by atoms with van der Waals surface area (Å²) in [6.07, 6.45) is 9.23. The fourth-order valence-electron chi connectivity index (χ4n) is 2.64. The molecule has 2 unspecified atom stereocenters. The van der Waals surface area contributed by atoms with Crippen molar-refractivity contribution in [1.29, 1.82) is 0 Å². The van der Waals surface area contributed by atoms with Crippen molar-refractivity contribution >= 4 is 0 Å². The van der Waals surface area contributed by atoms with E-state index in [0.717, 1.165) is 12.3 Å². The minimum Gasteiger partial charge on any atom is -0.328 e. The van der Waals surface area contributed by atoms with E-state index in [-0.39, 0.29) is 0 Å². The molecule has 2 heteroatoms. The molecule has 0 aromatic carbocycles. The summed E-state index contributed by atoms with van der Waals surface area (Å²) in [5, 5.41) is 0. The average molecular weight is 226 g/mol. The molecule has 0 bridgehead atoms. The van der Waals surface area contributed by atoms with E-state index >= 15 is 0 Å². The van der Waals surface area contributed by atoms with Gasteiger partial charge in [0.2, 0.25) is 0 Å². The molecule has 2 atom stereocenters. The Kier molecular flexibility index (Phi) is 7.06. The zero-order valence-electron chi connectivity index (χ0n) is 11.3. The first-order chi connectivity index (χ1) is 7.76. The van der Waals surface area contributed by atoms with Crippen LogP contribution in [0, 0.1) is 5.92 Å². The van der Waals surface area contributed by atoms with E-state index in [9.17, 15) is 0 Å². The van der Waals surface area contributed by atoms with Gasteiger partial charge in [-0.2, -0.15) is 0 Å². The predicted octanol–water partition coefficient (Wildman–Crippen LogP) is 3.02. The van der Waals surface area contributed by atoms with Crippen molar-refractivity contribution in [3.63, 3.8) is 0 Å². The van der Waals surface area contributed by atoms with Crippen LogP contribution in [-0.2, 0) is 0 Å². The number of hydrogen-bond acceptors (Lipinski definition) is 2. The first-order valence-electron chi connectivity index (χ1n) is 7.24. The third-order valence-corrected chi connectivity index (χ3v) is 4.09. The van der Waals surface area contributed by atoms with Crippen LogP contribution in [0.15, 0.2) is 0 Å². The molecule has 1 heterocycles. The molecule has 1 fully saturated rings. The van der Waals surface area contributed by atoms with Crippen molar-refractivity contribution in [2.24, 2.45) is 11.7 Å². The molecule has 1 aliphatic heterocycles. The van der Waals surface area contributed by atoms with Crippen LogP contribution in [0.3, 0.4) is 0 Å². The summed E-state index contributed by atoms with van der Waals surface area (Å²) in [4.78, 5) is 2.65. The fourth-order valence-corrected chi connectivity index (χ4v) is 2.64. The lowest BCUT2D eigenvalue weighted by molar-refractivity contribution is 0.271. The lowest BCUT2D eigenvalue weighted by Crippen LogP contribution is -2.28. The van der Waals surface area contributed by atoms with Crippen molar-refractivity contribution in [2.45, 2.75) is 64.8 Å². The molecule has 96 valence electrons. The van der Waals surface area contributed by atoms with Crippen LogP contribution in [0.2, 0.25) is 0 Å². The molecule has 1 saturated heterocycles. The summed E-state index contributed by atoms with van der Waals surface area (Å²) in [5.41, 5.74) is 5.94. The van der Waals surface area contributed by atoms with Gasteiger partial charge in [0.25, 0.3) is 0 Å². The first-order valence-corrected chi connectivity index (χ1v) is 7.24. The molecule has 2 nitrogen and oxygen atoms in total. The quantitative estimate of drug-likeness (QED) is 0.754. The summed E-state index contributed by atoms with van der Waals surface area (Å²) in [5.74, 6) is 0.989. The van der Waals surface area contributed by atoms with E-state index < -0.39 is 0 Å². The van der Waals surface area contributed by atoms with Crippen molar-refractivity contribution in [1.82, 2.24) is 4.90 Å². The maximum Gasteiger partial charge on any atom is 0.00366 e. The number of rotatable bonds is 6. The van der Waals surface area contributed by atoms with Crippen molar-refractivity contribution < 1.29 is 0 Å². The normalized spacial score (nSPS) is 25.3. The molecule has 0 amide bonds. The van der Waals surface area contributed by atoms with Gasteiger partial charge in [-0.25, -0.2) is 0 Å². The maximum atomic E-state index is 5.94. The smallest absolute Gasteiger partial charge is 0.00366 e. The molecule has 0 spiro atoms. The Morgan fingerprint density at radius 2 is 2.06 bits per heavy atom. The van der Waals surface area contributed by atoms with E-state index in [0.29, 0.717) is 6.04 Å². The van der Waals surface area contributed by atoms with Crippen LogP contribution in [0.25, 0.3) is 0 Å². The van der Waals surface area contributed by atoms with Gasteiger partial charge < -0.3 is 10.6 Å². The van der Waals surface area contributed by atoms with Crippen LogP contribution in [0.1, 0.15) is 58.8 Å². The Morgan fingerprint density at radius 3 is 2.75 bits per heavy atom. The van der Waals surface area contributed by atoms with Gasteiger partial charge in [-0.15, -0.1) is 0 Å². The molecule has 1 aliphatic rings. The summed E-state index contributed by atoms with van der Waals surface area (Å²) < 4.78 is 0. The van der Waals surface area contributed by atoms with Crippen molar-refractivity contribution in [2.75, 3.05) is 19.6 Å². The van der Waals surface area contributed by atoms with Gasteiger partial charge in [-0.3, -0.25) is 0 Å². The molecule has 1 rings (SSSR count). The molecule has 0 radical (unpaired) electrons. The predicted molar refractivity (Wildman–Crippen MR) is 71.6 cm³/mol. The van der Waals surface area contributed by atoms with E-state index in [1.807, 2.05) is 0 Å². The molecule has 2 N–H and O–H groups in total. The second-order valence-electron chi connectivity index (χ2n) is 5.36. The Bertz CT molecular complexity index is 170. The number of hydrogen-bond donors (Lipinski definition) is 1. The second-order valence-corrected chi connectivity index (χ2v) is 5.36.